The summed E-state index contributed by atoms with van der Waals surface area (Å²) in [6.07, 6.45) is 3.22. The van der Waals surface area contributed by atoms with Gasteiger partial charge in [0.15, 0.2) is 0 Å². The van der Waals surface area contributed by atoms with E-state index in [4.69, 9.17) is 0 Å². The molecule has 0 aliphatic rings. The fourth-order valence-electron chi connectivity index (χ4n) is 2.79. The number of nitro groups is 1. The molecule has 0 spiro atoms. The second-order valence-electron chi connectivity index (χ2n) is 6.85. The second-order valence-corrected chi connectivity index (χ2v) is 7.90. The molecule has 0 saturated heterocycles. The fraction of sp³-hybridized carbons (Fsp3) is 0.0833. The minimum absolute atomic E-state index is 0.0161. The lowest BCUT2D eigenvalue weighted by atomic mass is 10.2. The molecular formula is C24H21N3O4S. The van der Waals surface area contributed by atoms with Crippen LogP contribution < -0.4 is 10.6 Å². The predicted octanol–water partition coefficient (Wildman–Crippen LogP) is 5.29. The van der Waals surface area contributed by atoms with E-state index in [2.05, 4.69) is 10.6 Å². The third-order valence-electron chi connectivity index (χ3n) is 4.41. The Kier molecular flexibility index (Phi) is 7.77. The Morgan fingerprint density at radius 3 is 2.38 bits per heavy atom. The Balaban J connectivity index is 1.48. The van der Waals surface area contributed by atoms with E-state index in [1.54, 1.807) is 25.1 Å². The lowest BCUT2D eigenvalue weighted by Crippen LogP contribution is -2.14. The number of hydrogen-bond donors (Lipinski definition) is 2. The van der Waals surface area contributed by atoms with Gasteiger partial charge in [0.2, 0.25) is 11.8 Å². The van der Waals surface area contributed by atoms with E-state index in [0.717, 1.165) is 10.5 Å². The Labute approximate surface area is 189 Å². The quantitative estimate of drug-likeness (QED) is 0.212. The number of nitrogens with one attached hydrogen (secondary N) is 2. The molecular weight excluding hydrogens is 426 g/mol. The Bertz CT molecular complexity index is 1150. The molecule has 0 aromatic heterocycles. The first-order chi connectivity index (χ1) is 15.4. The topological polar surface area (TPSA) is 101 Å². The molecule has 0 fully saturated rings. The van der Waals surface area contributed by atoms with E-state index in [-0.39, 0.29) is 23.3 Å². The number of nitrogens with zero attached hydrogens (tertiary/aromatic N) is 1. The van der Waals surface area contributed by atoms with Gasteiger partial charge in [-0.2, -0.15) is 0 Å². The van der Waals surface area contributed by atoms with Crippen molar-refractivity contribution in [3.63, 3.8) is 0 Å². The molecule has 8 heteroatoms. The molecule has 0 radical (unpaired) electrons. The van der Waals surface area contributed by atoms with Crippen LogP contribution in [0.2, 0.25) is 0 Å². The average molecular weight is 448 g/mol. The molecule has 162 valence electrons. The van der Waals surface area contributed by atoms with E-state index < -0.39 is 4.92 Å². The van der Waals surface area contributed by atoms with Gasteiger partial charge in [-0.3, -0.25) is 19.7 Å². The van der Waals surface area contributed by atoms with Crippen LogP contribution in [0.1, 0.15) is 11.1 Å². The third-order valence-corrected chi connectivity index (χ3v) is 5.43. The van der Waals surface area contributed by atoms with Gasteiger partial charge in [0, 0.05) is 34.5 Å². The van der Waals surface area contributed by atoms with Crippen molar-refractivity contribution in [2.24, 2.45) is 0 Å². The highest BCUT2D eigenvalue weighted by atomic mass is 32.2. The molecule has 7 nitrogen and oxygen atoms in total. The first-order valence-electron chi connectivity index (χ1n) is 9.72. The van der Waals surface area contributed by atoms with Gasteiger partial charge in [-0.15, -0.1) is 11.8 Å². The summed E-state index contributed by atoms with van der Waals surface area (Å²) in [4.78, 5) is 35.5. The zero-order chi connectivity index (χ0) is 22.9. The lowest BCUT2D eigenvalue weighted by molar-refractivity contribution is -0.384. The molecule has 32 heavy (non-hydrogen) atoms. The van der Waals surface area contributed by atoms with Crippen molar-refractivity contribution in [2.75, 3.05) is 16.4 Å². The Morgan fingerprint density at radius 1 is 1.00 bits per heavy atom. The van der Waals surface area contributed by atoms with Gasteiger partial charge >= 0.3 is 0 Å². The number of aryl methyl sites for hydroxylation is 1. The second kappa shape index (κ2) is 10.9. The maximum atomic E-state index is 12.2. The molecule has 3 rings (SSSR count). The van der Waals surface area contributed by atoms with Crippen molar-refractivity contribution in [1.29, 1.82) is 0 Å². The standard InChI is InChI=1S/C24H21N3O4S/c1-17-15-20(27(30)31)10-13-22(17)26-24(29)16-32-21-11-8-19(9-12-21)25-23(28)14-7-18-5-3-2-4-6-18/h2-15H,16H2,1H3,(H,25,28)(H,26,29)/b14-7+. The highest BCUT2D eigenvalue weighted by Gasteiger charge is 2.10. The first-order valence-corrected chi connectivity index (χ1v) is 10.7. The number of benzene rings is 3. The van der Waals surface area contributed by atoms with Crippen molar-refractivity contribution >= 4 is 46.7 Å². The fourth-order valence-corrected chi connectivity index (χ4v) is 3.49. The van der Waals surface area contributed by atoms with Gasteiger partial charge in [0.05, 0.1) is 10.7 Å². The maximum absolute atomic E-state index is 12.2. The van der Waals surface area contributed by atoms with E-state index in [1.165, 1.54) is 36.0 Å². The van der Waals surface area contributed by atoms with Gasteiger partial charge < -0.3 is 10.6 Å². The summed E-state index contributed by atoms with van der Waals surface area (Å²) in [7, 11) is 0. The molecule has 0 heterocycles. The van der Waals surface area contributed by atoms with Crippen molar-refractivity contribution in [3.05, 3.63) is 100 Å². The molecule has 0 bridgehead atoms. The van der Waals surface area contributed by atoms with Crippen molar-refractivity contribution < 1.29 is 14.5 Å². The number of rotatable bonds is 8. The average Bonchev–Trinajstić information content (AvgIpc) is 2.79. The number of carbonyl (C=O) groups is 2. The van der Waals surface area contributed by atoms with Crippen LogP contribution in [0.3, 0.4) is 0 Å². The zero-order valence-corrected chi connectivity index (χ0v) is 18.1. The normalized spacial score (nSPS) is 10.7. The van der Waals surface area contributed by atoms with Crippen molar-refractivity contribution in [3.8, 4) is 0 Å². The number of amides is 2. The number of nitro benzene ring substituents is 1. The number of thioether (sulfide) groups is 1. The van der Waals surface area contributed by atoms with Crippen LogP contribution in [0.5, 0.6) is 0 Å². The SMILES string of the molecule is Cc1cc([N+](=O)[O-])ccc1NC(=O)CSc1ccc(NC(=O)/C=C/c2ccccc2)cc1. The van der Waals surface area contributed by atoms with Gasteiger partial charge in [0.25, 0.3) is 5.69 Å². The van der Waals surface area contributed by atoms with Crippen LogP contribution in [-0.2, 0) is 9.59 Å². The summed E-state index contributed by atoms with van der Waals surface area (Å²) in [5.41, 5.74) is 2.75. The largest absolute Gasteiger partial charge is 0.325 e. The van der Waals surface area contributed by atoms with Crippen molar-refractivity contribution in [2.45, 2.75) is 11.8 Å². The summed E-state index contributed by atoms with van der Waals surface area (Å²) in [5, 5.41) is 16.4. The van der Waals surface area contributed by atoms with Crippen LogP contribution >= 0.6 is 11.8 Å². The molecule has 0 atom stereocenters. The first kappa shape index (κ1) is 22.8. The Morgan fingerprint density at radius 2 is 1.72 bits per heavy atom. The van der Waals surface area contributed by atoms with E-state index >= 15 is 0 Å². The van der Waals surface area contributed by atoms with Gasteiger partial charge in [-0.1, -0.05) is 30.3 Å². The molecule has 0 saturated carbocycles. The highest BCUT2D eigenvalue weighted by molar-refractivity contribution is 8.00. The molecule has 3 aromatic carbocycles. The van der Waals surface area contributed by atoms with Crippen LogP contribution in [0.4, 0.5) is 17.1 Å². The Hall–Kier alpha value is -3.91. The van der Waals surface area contributed by atoms with E-state index in [0.29, 0.717) is 16.9 Å². The minimum Gasteiger partial charge on any atom is -0.325 e. The number of anilines is 2. The summed E-state index contributed by atoms with van der Waals surface area (Å²) in [6, 6.07) is 21.0. The molecule has 0 unspecified atom stereocenters. The smallest absolute Gasteiger partial charge is 0.269 e. The lowest BCUT2D eigenvalue weighted by Gasteiger charge is -2.08. The van der Waals surface area contributed by atoms with Gasteiger partial charge in [-0.25, -0.2) is 0 Å². The van der Waals surface area contributed by atoms with Crippen LogP contribution in [0.15, 0.2) is 83.8 Å². The van der Waals surface area contributed by atoms with Crippen LogP contribution in [0.25, 0.3) is 6.08 Å². The molecule has 3 aromatic rings. The van der Waals surface area contributed by atoms with Gasteiger partial charge in [0.1, 0.15) is 0 Å². The summed E-state index contributed by atoms with van der Waals surface area (Å²) < 4.78 is 0. The van der Waals surface area contributed by atoms with Crippen LogP contribution in [-0.4, -0.2) is 22.5 Å². The third kappa shape index (κ3) is 6.82. The predicted molar refractivity (Wildman–Crippen MR) is 128 cm³/mol. The number of carbonyl (C=O) groups excluding carboxylic acids is 2. The molecule has 2 N–H and O–H groups in total. The zero-order valence-electron chi connectivity index (χ0n) is 17.3. The maximum Gasteiger partial charge on any atom is 0.269 e. The molecule has 2 amide bonds. The summed E-state index contributed by atoms with van der Waals surface area (Å²) in [6.45, 7) is 1.71. The number of hydrogen-bond acceptors (Lipinski definition) is 5. The van der Waals surface area contributed by atoms with Crippen LogP contribution in [0, 0.1) is 17.0 Å². The monoisotopic (exact) mass is 447 g/mol. The minimum atomic E-state index is -0.472. The van der Waals surface area contributed by atoms with Crippen molar-refractivity contribution in [1.82, 2.24) is 0 Å². The van der Waals surface area contributed by atoms with Gasteiger partial charge in [-0.05, 0) is 54.5 Å². The van der Waals surface area contributed by atoms with E-state index in [9.17, 15) is 19.7 Å². The summed E-state index contributed by atoms with van der Waals surface area (Å²) in [5.74, 6) is -0.260. The highest BCUT2D eigenvalue weighted by Crippen LogP contribution is 2.23. The van der Waals surface area contributed by atoms with E-state index in [1.807, 2.05) is 42.5 Å². The summed E-state index contributed by atoms with van der Waals surface area (Å²) >= 11 is 1.35. The molecule has 0 aliphatic heterocycles. The molecule has 0 aliphatic carbocycles. The number of non-ortho nitro benzene ring substituents is 1.